The van der Waals surface area contributed by atoms with Crippen LogP contribution in [0.4, 0.5) is 0 Å². The van der Waals surface area contributed by atoms with E-state index in [0.29, 0.717) is 0 Å². The highest BCUT2D eigenvalue weighted by Crippen LogP contribution is 2.15. The molecule has 0 bridgehead atoms. The van der Waals surface area contributed by atoms with Crippen molar-refractivity contribution in [3.05, 3.63) is 70.8 Å². The highest BCUT2D eigenvalue weighted by Gasteiger charge is 2.02. The lowest BCUT2D eigenvalue weighted by Gasteiger charge is -2.07. The molecule has 18 heavy (non-hydrogen) atoms. The molecule has 0 aliphatic carbocycles. The average molecular weight is 234 g/mol. The minimum atomic E-state index is 1.04. The van der Waals surface area contributed by atoms with Gasteiger partial charge in [-0.1, -0.05) is 56.0 Å². The molecule has 0 heterocycles. The quantitative estimate of drug-likeness (QED) is 0.683. The standard InChI is InChI=1S/C18H18/c1-3-16-11-8-12-17(18(16)4-2)14-13-15-9-6-5-7-10-15/h5-12H,3-4H2,1-2H3. The van der Waals surface area contributed by atoms with E-state index in [0.717, 1.165) is 18.4 Å². The average Bonchev–Trinajstić information content (AvgIpc) is 2.45. The van der Waals surface area contributed by atoms with Crippen molar-refractivity contribution in [2.45, 2.75) is 26.7 Å². The molecule has 0 N–H and O–H groups in total. The van der Waals surface area contributed by atoms with Crippen LogP contribution in [-0.2, 0) is 12.8 Å². The first-order valence-electron chi connectivity index (χ1n) is 6.53. The van der Waals surface area contributed by atoms with E-state index < -0.39 is 0 Å². The normalized spacial score (nSPS) is 9.67. The van der Waals surface area contributed by atoms with E-state index in [-0.39, 0.29) is 0 Å². The zero-order valence-electron chi connectivity index (χ0n) is 11.0. The van der Waals surface area contributed by atoms with Crippen molar-refractivity contribution in [2.75, 3.05) is 0 Å². The summed E-state index contributed by atoms with van der Waals surface area (Å²) in [5.41, 5.74) is 5.04. The molecule has 0 aliphatic heterocycles. The van der Waals surface area contributed by atoms with Crippen molar-refractivity contribution in [1.29, 1.82) is 0 Å². The monoisotopic (exact) mass is 234 g/mol. The highest BCUT2D eigenvalue weighted by atomic mass is 14.1. The van der Waals surface area contributed by atoms with Crippen LogP contribution in [0.3, 0.4) is 0 Å². The lowest BCUT2D eigenvalue weighted by atomic mass is 9.97. The van der Waals surface area contributed by atoms with Crippen LogP contribution in [0.25, 0.3) is 0 Å². The Labute approximate surface area is 110 Å². The molecule has 90 valence electrons. The Hall–Kier alpha value is -2.00. The summed E-state index contributed by atoms with van der Waals surface area (Å²) in [5.74, 6) is 6.54. The Kier molecular flexibility index (Phi) is 4.20. The summed E-state index contributed by atoms with van der Waals surface area (Å²) in [4.78, 5) is 0. The predicted molar refractivity (Wildman–Crippen MR) is 77.6 cm³/mol. The maximum absolute atomic E-state index is 3.31. The SMILES string of the molecule is CCc1cccc(C#Cc2ccccc2)c1CC. The van der Waals surface area contributed by atoms with Gasteiger partial charge in [0.05, 0.1) is 0 Å². The number of benzene rings is 2. The molecule has 0 saturated heterocycles. The first-order valence-corrected chi connectivity index (χ1v) is 6.53. The van der Waals surface area contributed by atoms with E-state index in [4.69, 9.17) is 0 Å². The van der Waals surface area contributed by atoms with E-state index in [9.17, 15) is 0 Å². The molecule has 0 unspecified atom stereocenters. The van der Waals surface area contributed by atoms with Crippen molar-refractivity contribution in [1.82, 2.24) is 0 Å². The van der Waals surface area contributed by atoms with Crippen LogP contribution in [0.5, 0.6) is 0 Å². The van der Waals surface area contributed by atoms with Gasteiger partial charge in [-0.25, -0.2) is 0 Å². The first-order chi connectivity index (χ1) is 8.85. The molecule has 0 heteroatoms. The van der Waals surface area contributed by atoms with Gasteiger partial charge >= 0.3 is 0 Å². The second-order valence-electron chi connectivity index (χ2n) is 4.27. The van der Waals surface area contributed by atoms with Crippen LogP contribution < -0.4 is 0 Å². The Bertz CT molecular complexity index is 568. The molecule has 0 atom stereocenters. The molecule has 0 aliphatic rings. The lowest BCUT2D eigenvalue weighted by Crippen LogP contribution is -1.94. The third-order valence-electron chi connectivity index (χ3n) is 3.12. The second kappa shape index (κ2) is 6.07. The van der Waals surface area contributed by atoms with Crippen molar-refractivity contribution in [3.8, 4) is 11.8 Å². The minimum Gasteiger partial charge on any atom is -0.0622 e. The van der Waals surface area contributed by atoms with Gasteiger partial charge in [0.25, 0.3) is 0 Å². The molecule has 0 saturated carbocycles. The Morgan fingerprint density at radius 3 is 2.22 bits per heavy atom. The fourth-order valence-corrected chi connectivity index (χ4v) is 2.16. The molecule has 2 aromatic rings. The van der Waals surface area contributed by atoms with E-state index in [2.05, 4.69) is 43.9 Å². The van der Waals surface area contributed by atoms with Crippen LogP contribution >= 0.6 is 0 Å². The largest absolute Gasteiger partial charge is 0.0622 e. The zero-order valence-corrected chi connectivity index (χ0v) is 11.0. The van der Waals surface area contributed by atoms with Gasteiger partial charge in [0, 0.05) is 11.1 Å². The van der Waals surface area contributed by atoms with Gasteiger partial charge in [0.2, 0.25) is 0 Å². The first kappa shape index (κ1) is 12.5. The third kappa shape index (κ3) is 2.81. The van der Waals surface area contributed by atoms with Crippen molar-refractivity contribution >= 4 is 0 Å². The summed E-state index contributed by atoms with van der Waals surface area (Å²) < 4.78 is 0. The molecular formula is C18H18. The predicted octanol–water partition coefficient (Wildman–Crippen LogP) is 4.21. The number of hydrogen-bond donors (Lipinski definition) is 0. The smallest absolute Gasteiger partial charge is 0.0283 e. The van der Waals surface area contributed by atoms with Gasteiger partial charge < -0.3 is 0 Å². The maximum atomic E-state index is 3.31. The summed E-state index contributed by atoms with van der Waals surface area (Å²) in [6.45, 7) is 4.39. The summed E-state index contributed by atoms with van der Waals surface area (Å²) in [7, 11) is 0. The topological polar surface area (TPSA) is 0 Å². The van der Waals surface area contributed by atoms with Crippen LogP contribution in [-0.4, -0.2) is 0 Å². The second-order valence-corrected chi connectivity index (χ2v) is 4.27. The fourth-order valence-electron chi connectivity index (χ4n) is 2.16. The van der Waals surface area contributed by atoms with Crippen LogP contribution in [0.1, 0.15) is 36.1 Å². The summed E-state index contributed by atoms with van der Waals surface area (Å²) >= 11 is 0. The molecule has 0 amide bonds. The molecular weight excluding hydrogens is 216 g/mol. The highest BCUT2D eigenvalue weighted by molar-refractivity contribution is 5.49. The third-order valence-corrected chi connectivity index (χ3v) is 3.12. The van der Waals surface area contributed by atoms with Gasteiger partial charge in [-0.05, 0) is 42.2 Å². The van der Waals surface area contributed by atoms with Crippen molar-refractivity contribution in [2.24, 2.45) is 0 Å². The zero-order chi connectivity index (χ0) is 12.8. The summed E-state index contributed by atoms with van der Waals surface area (Å²) in [6.07, 6.45) is 2.12. The summed E-state index contributed by atoms with van der Waals surface area (Å²) in [6, 6.07) is 16.6. The minimum absolute atomic E-state index is 1.04. The van der Waals surface area contributed by atoms with E-state index in [1.165, 1.54) is 16.7 Å². The molecule has 0 spiro atoms. The Morgan fingerprint density at radius 2 is 1.56 bits per heavy atom. The van der Waals surface area contributed by atoms with E-state index in [1.807, 2.05) is 30.3 Å². The van der Waals surface area contributed by atoms with Gasteiger partial charge in [-0.3, -0.25) is 0 Å². The van der Waals surface area contributed by atoms with Gasteiger partial charge in [0.15, 0.2) is 0 Å². The van der Waals surface area contributed by atoms with Gasteiger partial charge in [0.1, 0.15) is 0 Å². The Balaban J connectivity index is 2.38. The number of rotatable bonds is 2. The Morgan fingerprint density at radius 1 is 0.778 bits per heavy atom. The van der Waals surface area contributed by atoms with E-state index in [1.54, 1.807) is 0 Å². The van der Waals surface area contributed by atoms with Gasteiger partial charge in [-0.15, -0.1) is 0 Å². The molecule has 0 fully saturated rings. The molecule has 0 radical (unpaired) electrons. The van der Waals surface area contributed by atoms with Crippen LogP contribution in [0.2, 0.25) is 0 Å². The molecule has 0 aromatic heterocycles. The lowest BCUT2D eigenvalue weighted by molar-refractivity contribution is 1.03. The van der Waals surface area contributed by atoms with Crippen LogP contribution in [0, 0.1) is 11.8 Å². The number of aryl methyl sites for hydroxylation is 1. The number of hydrogen-bond acceptors (Lipinski definition) is 0. The van der Waals surface area contributed by atoms with Crippen molar-refractivity contribution < 1.29 is 0 Å². The summed E-state index contributed by atoms with van der Waals surface area (Å²) in [5, 5.41) is 0. The van der Waals surface area contributed by atoms with Crippen LogP contribution in [0.15, 0.2) is 48.5 Å². The van der Waals surface area contributed by atoms with E-state index >= 15 is 0 Å². The van der Waals surface area contributed by atoms with Crippen molar-refractivity contribution in [3.63, 3.8) is 0 Å². The molecule has 2 rings (SSSR count). The maximum Gasteiger partial charge on any atom is 0.0283 e. The molecule has 2 aromatic carbocycles. The molecule has 0 nitrogen and oxygen atoms in total. The fraction of sp³-hybridized carbons (Fsp3) is 0.222. The van der Waals surface area contributed by atoms with Gasteiger partial charge in [-0.2, -0.15) is 0 Å².